The molecule has 0 aromatic heterocycles. The SMILES string of the molecule is CC1(C)OB(c2ccc(C3CC(F)(F)C3)cc2C2CCCCC2)OC1(C)C. The van der Waals surface area contributed by atoms with Crippen LogP contribution in [0.1, 0.15) is 95.6 Å². The lowest BCUT2D eigenvalue weighted by atomic mass is 9.68. The third kappa shape index (κ3) is 3.58. The zero-order chi connectivity index (χ0) is 19.4. The molecule has 0 N–H and O–H groups in total. The highest BCUT2D eigenvalue weighted by atomic mass is 19.3. The molecule has 1 saturated heterocycles. The number of hydrogen-bond acceptors (Lipinski definition) is 2. The van der Waals surface area contributed by atoms with Crippen molar-refractivity contribution in [3.05, 3.63) is 29.3 Å². The Bertz CT molecular complexity index is 686. The minimum absolute atomic E-state index is 0.0188. The first-order valence-corrected chi connectivity index (χ1v) is 10.5. The number of rotatable bonds is 3. The van der Waals surface area contributed by atoms with Gasteiger partial charge >= 0.3 is 7.12 Å². The van der Waals surface area contributed by atoms with Crippen LogP contribution in [0, 0.1) is 0 Å². The predicted octanol–water partition coefficient (Wildman–Crippen LogP) is 5.55. The van der Waals surface area contributed by atoms with Crippen LogP contribution in [0.4, 0.5) is 8.78 Å². The van der Waals surface area contributed by atoms with Crippen molar-refractivity contribution < 1.29 is 18.1 Å². The third-order valence-electron chi connectivity index (χ3n) is 7.22. The molecule has 2 saturated carbocycles. The van der Waals surface area contributed by atoms with E-state index in [4.69, 9.17) is 9.31 Å². The van der Waals surface area contributed by atoms with Crippen molar-refractivity contribution in [1.82, 2.24) is 0 Å². The molecule has 3 aliphatic rings. The summed E-state index contributed by atoms with van der Waals surface area (Å²) in [6.07, 6.45) is 6.04. The smallest absolute Gasteiger partial charge is 0.399 e. The zero-order valence-electron chi connectivity index (χ0n) is 17.0. The molecule has 1 aliphatic heterocycles. The fourth-order valence-electron chi connectivity index (χ4n) is 4.70. The van der Waals surface area contributed by atoms with Gasteiger partial charge in [0, 0.05) is 12.8 Å². The fourth-order valence-corrected chi connectivity index (χ4v) is 4.70. The molecule has 1 heterocycles. The summed E-state index contributed by atoms with van der Waals surface area (Å²) in [5.74, 6) is -2.02. The van der Waals surface area contributed by atoms with Gasteiger partial charge in [-0.15, -0.1) is 0 Å². The Morgan fingerprint density at radius 2 is 1.48 bits per heavy atom. The number of benzene rings is 1. The van der Waals surface area contributed by atoms with Crippen LogP contribution in [-0.2, 0) is 9.31 Å². The Kier molecular flexibility index (Phi) is 4.70. The van der Waals surface area contributed by atoms with Gasteiger partial charge in [0.1, 0.15) is 0 Å². The maximum Gasteiger partial charge on any atom is 0.495 e. The molecule has 2 aliphatic carbocycles. The fraction of sp³-hybridized carbons (Fsp3) is 0.727. The van der Waals surface area contributed by atoms with E-state index in [-0.39, 0.29) is 37.1 Å². The number of halogens is 2. The van der Waals surface area contributed by atoms with Gasteiger partial charge in [0.05, 0.1) is 11.2 Å². The van der Waals surface area contributed by atoms with Gasteiger partial charge in [-0.2, -0.15) is 0 Å². The van der Waals surface area contributed by atoms with E-state index in [2.05, 4.69) is 39.8 Å². The summed E-state index contributed by atoms with van der Waals surface area (Å²) in [6.45, 7) is 8.27. The maximum atomic E-state index is 13.4. The van der Waals surface area contributed by atoms with Gasteiger partial charge in [-0.05, 0) is 69.0 Å². The van der Waals surface area contributed by atoms with E-state index < -0.39 is 5.92 Å². The summed E-state index contributed by atoms with van der Waals surface area (Å²) < 4.78 is 39.4. The van der Waals surface area contributed by atoms with Crippen molar-refractivity contribution in [1.29, 1.82) is 0 Å². The molecule has 0 atom stereocenters. The first kappa shape index (κ1) is 19.4. The van der Waals surface area contributed by atoms with Gasteiger partial charge in [0.2, 0.25) is 5.92 Å². The topological polar surface area (TPSA) is 18.5 Å². The predicted molar refractivity (Wildman–Crippen MR) is 105 cm³/mol. The number of alkyl halides is 2. The Labute approximate surface area is 162 Å². The molecule has 1 aromatic carbocycles. The molecule has 5 heteroatoms. The Morgan fingerprint density at radius 3 is 2.04 bits per heavy atom. The van der Waals surface area contributed by atoms with Crippen molar-refractivity contribution in [3.8, 4) is 0 Å². The van der Waals surface area contributed by atoms with Crippen molar-refractivity contribution >= 4 is 12.6 Å². The molecule has 3 fully saturated rings. The van der Waals surface area contributed by atoms with E-state index in [1.807, 2.05) is 6.07 Å². The summed E-state index contributed by atoms with van der Waals surface area (Å²) in [4.78, 5) is 0. The summed E-state index contributed by atoms with van der Waals surface area (Å²) in [5.41, 5.74) is 2.66. The van der Waals surface area contributed by atoms with E-state index in [9.17, 15) is 8.78 Å². The second-order valence-electron chi connectivity index (χ2n) is 9.77. The Morgan fingerprint density at radius 1 is 0.889 bits per heavy atom. The summed E-state index contributed by atoms with van der Waals surface area (Å²) in [6, 6.07) is 6.29. The second kappa shape index (κ2) is 6.55. The van der Waals surface area contributed by atoms with E-state index in [1.54, 1.807) is 0 Å². The van der Waals surface area contributed by atoms with Crippen molar-refractivity contribution in [3.63, 3.8) is 0 Å². The van der Waals surface area contributed by atoms with Gasteiger partial charge in [-0.3, -0.25) is 0 Å². The van der Waals surface area contributed by atoms with Crippen LogP contribution >= 0.6 is 0 Å². The quantitative estimate of drug-likeness (QED) is 0.645. The first-order chi connectivity index (χ1) is 12.6. The summed E-state index contributed by atoms with van der Waals surface area (Å²) in [5, 5.41) is 0. The van der Waals surface area contributed by atoms with Gasteiger partial charge in [-0.1, -0.05) is 37.5 Å². The largest absolute Gasteiger partial charge is 0.495 e. The zero-order valence-corrected chi connectivity index (χ0v) is 17.0. The van der Waals surface area contributed by atoms with Gasteiger partial charge in [0.15, 0.2) is 0 Å². The molecule has 0 unspecified atom stereocenters. The van der Waals surface area contributed by atoms with Gasteiger partial charge < -0.3 is 9.31 Å². The Balaban J connectivity index is 1.66. The lowest BCUT2D eigenvalue weighted by Gasteiger charge is -2.36. The molecule has 0 bridgehead atoms. The van der Waals surface area contributed by atoms with Crippen LogP contribution in [-0.4, -0.2) is 24.2 Å². The molecule has 0 radical (unpaired) electrons. The van der Waals surface area contributed by atoms with Crippen LogP contribution < -0.4 is 5.46 Å². The molecular formula is C22H31BF2O2. The molecule has 27 heavy (non-hydrogen) atoms. The minimum Gasteiger partial charge on any atom is -0.399 e. The molecule has 0 amide bonds. The molecule has 2 nitrogen and oxygen atoms in total. The van der Waals surface area contributed by atoms with Gasteiger partial charge in [0.25, 0.3) is 0 Å². The van der Waals surface area contributed by atoms with Crippen molar-refractivity contribution in [2.24, 2.45) is 0 Å². The second-order valence-corrected chi connectivity index (χ2v) is 9.77. The molecule has 4 rings (SSSR count). The van der Waals surface area contributed by atoms with Gasteiger partial charge in [-0.25, -0.2) is 8.78 Å². The van der Waals surface area contributed by atoms with Crippen LogP contribution in [0.2, 0.25) is 0 Å². The van der Waals surface area contributed by atoms with Crippen molar-refractivity contribution in [2.45, 2.75) is 102 Å². The standard InChI is InChI=1S/C22H31BF2O2/c1-20(2)21(3,4)27-23(26-20)19-11-10-16(17-13-22(24,25)14-17)12-18(19)15-8-6-5-7-9-15/h10-12,15,17H,5-9,13-14H2,1-4H3. The van der Waals surface area contributed by atoms with Crippen molar-refractivity contribution in [2.75, 3.05) is 0 Å². The van der Waals surface area contributed by atoms with Crippen LogP contribution in [0.3, 0.4) is 0 Å². The highest BCUT2D eigenvalue weighted by Gasteiger charge is 2.52. The van der Waals surface area contributed by atoms with Crippen LogP contribution in [0.25, 0.3) is 0 Å². The van der Waals surface area contributed by atoms with Crippen LogP contribution in [0.5, 0.6) is 0 Å². The van der Waals surface area contributed by atoms with E-state index in [0.717, 1.165) is 23.9 Å². The summed E-state index contributed by atoms with van der Waals surface area (Å²) in [7, 11) is -0.385. The number of hydrogen-bond donors (Lipinski definition) is 0. The summed E-state index contributed by atoms with van der Waals surface area (Å²) >= 11 is 0. The highest BCUT2D eigenvalue weighted by molar-refractivity contribution is 6.62. The Hall–Kier alpha value is -0.935. The molecule has 0 spiro atoms. The normalized spacial score (nSPS) is 27.6. The molecule has 148 valence electrons. The lowest BCUT2D eigenvalue weighted by Crippen LogP contribution is -2.41. The first-order valence-electron chi connectivity index (χ1n) is 10.5. The maximum absolute atomic E-state index is 13.4. The third-order valence-corrected chi connectivity index (χ3v) is 7.22. The average Bonchev–Trinajstić information content (AvgIpc) is 2.80. The average molecular weight is 376 g/mol. The van der Waals surface area contributed by atoms with Crippen LogP contribution in [0.15, 0.2) is 18.2 Å². The highest BCUT2D eigenvalue weighted by Crippen LogP contribution is 2.49. The van der Waals surface area contributed by atoms with E-state index in [0.29, 0.717) is 5.92 Å². The monoisotopic (exact) mass is 376 g/mol. The molecular weight excluding hydrogens is 345 g/mol. The van der Waals surface area contributed by atoms with E-state index >= 15 is 0 Å². The molecule has 1 aromatic rings. The minimum atomic E-state index is -2.49. The van der Waals surface area contributed by atoms with E-state index in [1.165, 1.54) is 24.8 Å². The lowest BCUT2D eigenvalue weighted by molar-refractivity contribution is -0.0867.